The van der Waals surface area contributed by atoms with Gasteiger partial charge < -0.3 is 9.30 Å². The van der Waals surface area contributed by atoms with Gasteiger partial charge in [-0.1, -0.05) is 12.1 Å². The van der Waals surface area contributed by atoms with E-state index in [4.69, 9.17) is 21.3 Å². The highest BCUT2D eigenvalue weighted by molar-refractivity contribution is 7.09. The fraction of sp³-hybridized carbons (Fsp3) is 0.267. The van der Waals surface area contributed by atoms with E-state index in [0.29, 0.717) is 5.88 Å². The molecule has 3 rings (SSSR count). The summed E-state index contributed by atoms with van der Waals surface area (Å²) >= 11 is 7.66. The Kier molecular flexibility index (Phi) is 3.94. The maximum Gasteiger partial charge on any atom is 0.146 e. The molecule has 0 fully saturated rings. The van der Waals surface area contributed by atoms with Crippen molar-refractivity contribution in [3.63, 3.8) is 0 Å². The highest BCUT2D eigenvalue weighted by Gasteiger charge is 2.14. The largest absolute Gasteiger partial charge is 0.494 e. The SMILES string of the molecule is COc1cccc2c1nc(CCCl)n2Cc1cccs1. The monoisotopic (exact) mass is 306 g/mol. The first-order valence-electron chi connectivity index (χ1n) is 6.44. The number of methoxy groups -OCH3 is 1. The van der Waals surface area contributed by atoms with Crippen LogP contribution in [0.4, 0.5) is 0 Å². The van der Waals surface area contributed by atoms with Crippen molar-refractivity contribution in [1.82, 2.24) is 9.55 Å². The quantitative estimate of drug-likeness (QED) is 0.668. The summed E-state index contributed by atoms with van der Waals surface area (Å²) in [5.74, 6) is 2.38. The zero-order valence-corrected chi connectivity index (χ0v) is 12.7. The molecular weight excluding hydrogens is 292 g/mol. The number of nitrogens with zero attached hydrogens (tertiary/aromatic N) is 2. The van der Waals surface area contributed by atoms with Crippen molar-refractivity contribution in [3.8, 4) is 5.75 Å². The lowest BCUT2D eigenvalue weighted by molar-refractivity contribution is 0.419. The van der Waals surface area contributed by atoms with Crippen molar-refractivity contribution in [3.05, 3.63) is 46.4 Å². The summed E-state index contributed by atoms with van der Waals surface area (Å²) < 4.78 is 7.63. The second kappa shape index (κ2) is 5.85. The molecule has 0 N–H and O–H groups in total. The first-order valence-corrected chi connectivity index (χ1v) is 7.85. The lowest BCUT2D eigenvalue weighted by Crippen LogP contribution is -2.04. The predicted octanol–water partition coefficient (Wildman–Crippen LogP) is 3.94. The van der Waals surface area contributed by atoms with Gasteiger partial charge in [0, 0.05) is 17.2 Å². The molecule has 2 aromatic heterocycles. The number of ether oxygens (including phenoxy) is 1. The minimum atomic E-state index is 0.566. The van der Waals surface area contributed by atoms with Gasteiger partial charge in [-0.2, -0.15) is 0 Å². The number of benzene rings is 1. The first kappa shape index (κ1) is 13.5. The zero-order valence-electron chi connectivity index (χ0n) is 11.2. The molecule has 0 bridgehead atoms. The molecule has 0 atom stereocenters. The van der Waals surface area contributed by atoms with Crippen LogP contribution in [0.3, 0.4) is 0 Å². The van der Waals surface area contributed by atoms with E-state index in [1.165, 1.54) is 4.88 Å². The summed E-state index contributed by atoms with van der Waals surface area (Å²) in [6.45, 7) is 0.827. The summed E-state index contributed by atoms with van der Waals surface area (Å²) in [4.78, 5) is 6.02. The average molecular weight is 307 g/mol. The molecule has 0 saturated heterocycles. The molecule has 104 valence electrons. The van der Waals surface area contributed by atoms with Crippen molar-refractivity contribution < 1.29 is 4.74 Å². The van der Waals surface area contributed by atoms with Gasteiger partial charge in [0.2, 0.25) is 0 Å². The smallest absolute Gasteiger partial charge is 0.146 e. The Hall–Kier alpha value is -1.52. The van der Waals surface area contributed by atoms with Crippen molar-refractivity contribution in [2.45, 2.75) is 13.0 Å². The molecule has 0 spiro atoms. The number of rotatable bonds is 5. The minimum absolute atomic E-state index is 0.566. The number of alkyl halides is 1. The molecule has 20 heavy (non-hydrogen) atoms. The average Bonchev–Trinajstić information content (AvgIpc) is 3.08. The number of imidazole rings is 1. The predicted molar refractivity (Wildman–Crippen MR) is 84.1 cm³/mol. The summed E-state index contributed by atoms with van der Waals surface area (Å²) in [6.07, 6.45) is 0.755. The van der Waals surface area contributed by atoms with E-state index in [1.807, 2.05) is 12.1 Å². The number of fused-ring (bicyclic) bond motifs is 1. The molecule has 0 aliphatic heterocycles. The van der Waals surface area contributed by atoms with Gasteiger partial charge in [-0.3, -0.25) is 0 Å². The molecule has 5 heteroatoms. The third-order valence-electron chi connectivity index (χ3n) is 3.25. The minimum Gasteiger partial charge on any atom is -0.494 e. The Morgan fingerprint density at radius 2 is 2.20 bits per heavy atom. The van der Waals surface area contributed by atoms with Crippen LogP contribution in [0.15, 0.2) is 35.7 Å². The molecule has 0 aliphatic rings. The fourth-order valence-electron chi connectivity index (χ4n) is 2.34. The number of hydrogen-bond donors (Lipinski definition) is 0. The summed E-state index contributed by atoms with van der Waals surface area (Å²) in [7, 11) is 1.67. The summed E-state index contributed by atoms with van der Waals surface area (Å²) in [5.41, 5.74) is 2.00. The van der Waals surface area contributed by atoms with E-state index in [2.05, 4.69) is 28.1 Å². The maximum atomic E-state index is 5.91. The normalized spacial score (nSPS) is 11.1. The van der Waals surface area contributed by atoms with Gasteiger partial charge in [0.1, 0.15) is 17.1 Å². The van der Waals surface area contributed by atoms with E-state index >= 15 is 0 Å². The van der Waals surface area contributed by atoms with Crippen LogP contribution in [0.5, 0.6) is 5.75 Å². The van der Waals surface area contributed by atoms with Crippen molar-refractivity contribution in [2.75, 3.05) is 13.0 Å². The third kappa shape index (κ3) is 2.41. The Bertz CT molecular complexity index is 706. The molecule has 0 unspecified atom stereocenters. The summed E-state index contributed by atoms with van der Waals surface area (Å²) in [6, 6.07) is 10.2. The van der Waals surface area contributed by atoms with E-state index in [9.17, 15) is 0 Å². The molecule has 0 saturated carbocycles. The number of para-hydroxylation sites is 1. The number of halogens is 1. The number of aromatic nitrogens is 2. The van der Waals surface area contributed by atoms with E-state index in [0.717, 1.165) is 35.6 Å². The van der Waals surface area contributed by atoms with Gasteiger partial charge >= 0.3 is 0 Å². The van der Waals surface area contributed by atoms with Crippen LogP contribution < -0.4 is 4.74 Å². The van der Waals surface area contributed by atoms with Crippen LogP contribution in [0.2, 0.25) is 0 Å². The topological polar surface area (TPSA) is 27.1 Å². The molecule has 0 radical (unpaired) electrons. The van der Waals surface area contributed by atoms with E-state index in [-0.39, 0.29) is 0 Å². The van der Waals surface area contributed by atoms with Crippen LogP contribution in [-0.4, -0.2) is 22.5 Å². The lowest BCUT2D eigenvalue weighted by atomic mass is 10.3. The van der Waals surface area contributed by atoms with Crippen LogP contribution in [0.25, 0.3) is 11.0 Å². The van der Waals surface area contributed by atoms with Gasteiger partial charge in [-0.25, -0.2) is 4.98 Å². The Morgan fingerprint density at radius 3 is 2.90 bits per heavy atom. The summed E-state index contributed by atoms with van der Waals surface area (Å²) in [5, 5.41) is 2.09. The van der Waals surface area contributed by atoms with Crippen LogP contribution in [0.1, 0.15) is 10.7 Å². The van der Waals surface area contributed by atoms with Gasteiger partial charge in [-0.15, -0.1) is 22.9 Å². The maximum absolute atomic E-state index is 5.91. The molecule has 0 amide bonds. The second-order valence-corrected chi connectivity index (χ2v) is 5.87. The molecular formula is C15H15ClN2OS. The Balaban J connectivity index is 2.13. The first-order chi connectivity index (χ1) is 9.83. The highest BCUT2D eigenvalue weighted by Crippen LogP contribution is 2.27. The van der Waals surface area contributed by atoms with E-state index < -0.39 is 0 Å². The van der Waals surface area contributed by atoms with Gasteiger partial charge in [-0.05, 0) is 23.6 Å². The standard InChI is InChI=1S/C15H15ClN2OS/c1-19-13-6-2-5-12-15(13)17-14(7-8-16)18(12)10-11-4-3-9-20-11/h2-6,9H,7-8,10H2,1H3. The van der Waals surface area contributed by atoms with Crippen LogP contribution in [0, 0.1) is 0 Å². The Labute approximate surface area is 126 Å². The molecule has 2 heterocycles. The molecule has 3 aromatic rings. The van der Waals surface area contributed by atoms with Gasteiger partial charge in [0.15, 0.2) is 0 Å². The van der Waals surface area contributed by atoms with Crippen LogP contribution in [-0.2, 0) is 13.0 Å². The second-order valence-electron chi connectivity index (χ2n) is 4.46. The molecule has 1 aromatic carbocycles. The highest BCUT2D eigenvalue weighted by atomic mass is 35.5. The number of thiophene rings is 1. The fourth-order valence-corrected chi connectivity index (χ4v) is 3.21. The van der Waals surface area contributed by atoms with Crippen molar-refractivity contribution in [2.24, 2.45) is 0 Å². The van der Waals surface area contributed by atoms with Crippen molar-refractivity contribution >= 4 is 34.0 Å². The number of hydrogen-bond acceptors (Lipinski definition) is 3. The zero-order chi connectivity index (χ0) is 13.9. The lowest BCUT2D eigenvalue weighted by Gasteiger charge is -2.07. The van der Waals surface area contributed by atoms with E-state index in [1.54, 1.807) is 18.4 Å². The van der Waals surface area contributed by atoms with Crippen molar-refractivity contribution in [1.29, 1.82) is 0 Å². The third-order valence-corrected chi connectivity index (χ3v) is 4.30. The van der Waals surface area contributed by atoms with Crippen LogP contribution >= 0.6 is 22.9 Å². The molecule has 0 aliphatic carbocycles. The molecule has 3 nitrogen and oxygen atoms in total. The van der Waals surface area contributed by atoms with Gasteiger partial charge in [0.25, 0.3) is 0 Å². The Morgan fingerprint density at radius 1 is 1.30 bits per heavy atom. The number of aryl methyl sites for hydroxylation is 1. The van der Waals surface area contributed by atoms with Gasteiger partial charge in [0.05, 0.1) is 19.2 Å².